The Kier molecular flexibility index (Phi) is 6.77. The molecule has 0 bridgehead atoms. The van der Waals surface area contributed by atoms with Gasteiger partial charge in [0.25, 0.3) is 5.91 Å². The highest BCUT2D eigenvalue weighted by atomic mass is 79.9. The topological polar surface area (TPSA) is 67.9 Å². The van der Waals surface area contributed by atoms with Crippen molar-refractivity contribution >= 4 is 33.9 Å². The number of nitrogens with one attached hydrogen (secondary N) is 1. The number of carbonyl (C=O) groups is 2. The Morgan fingerprint density at radius 2 is 2.00 bits per heavy atom. The maximum atomic E-state index is 13.9. The first-order valence-corrected chi connectivity index (χ1v) is 10.3. The first-order valence-electron chi connectivity index (χ1n) is 9.46. The molecular formula is C22H22BrFN2O4. The minimum absolute atomic E-state index is 0.00189. The zero-order chi connectivity index (χ0) is 21.8. The van der Waals surface area contributed by atoms with Crippen LogP contribution >= 0.6 is 15.9 Å². The van der Waals surface area contributed by atoms with Crippen LogP contribution in [0.15, 0.2) is 46.6 Å². The van der Waals surface area contributed by atoms with Gasteiger partial charge in [0.05, 0.1) is 24.2 Å². The molecule has 1 fully saturated rings. The minimum atomic E-state index is -0.600. The maximum Gasteiger partial charge on any atom is 0.329 e. The predicted octanol–water partition coefficient (Wildman–Crippen LogP) is 4.87. The highest BCUT2D eigenvalue weighted by molar-refractivity contribution is 9.10. The van der Waals surface area contributed by atoms with E-state index in [4.69, 9.17) is 9.47 Å². The minimum Gasteiger partial charge on any atom is -0.493 e. The molecule has 0 spiro atoms. The summed E-state index contributed by atoms with van der Waals surface area (Å²) in [5.41, 5.74) is 0.991. The third-order valence-electron chi connectivity index (χ3n) is 4.71. The van der Waals surface area contributed by atoms with Crippen LogP contribution in [-0.2, 0) is 11.3 Å². The summed E-state index contributed by atoms with van der Waals surface area (Å²) in [4.78, 5) is 26.0. The molecule has 1 saturated heterocycles. The van der Waals surface area contributed by atoms with E-state index in [1.807, 2.05) is 13.8 Å². The van der Waals surface area contributed by atoms with Crippen LogP contribution < -0.4 is 14.8 Å². The van der Waals surface area contributed by atoms with Gasteiger partial charge >= 0.3 is 6.03 Å². The number of amides is 3. The monoisotopic (exact) mass is 476 g/mol. The molecule has 2 aromatic rings. The zero-order valence-corrected chi connectivity index (χ0v) is 18.5. The molecule has 1 atom stereocenters. The summed E-state index contributed by atoms with van der Waals surface area (Å²) in [6.07, 6.45) is 2.38. The van der Waals surface area contributed by atoms with E-state index in [1.54, 1.807) is 30.3 Å². The van der Waals surface area contributed by atoms with Crippen LogP contribution in [-0.4, -0.2) is 30.1 Å². The van der Waals surface area contributed by atoms with Crippen molar-refractivity contribution in [1.82, 2.24) is 10.2 Å². The fraction of sp³-hybridized carbons (Fsp3) is 0.273. The number of ether oxygens (including phenoxy) is 2. The van der Waals surface area contributed by atoms with Gasteiger partial charge < -0.3 is 14.8 Å². The van der Waals surface area contributed by atoms with Gasteiger partial charge in [-0.2, -0.15) is 0 Å². The summed E-state index contributed by atoms with van der Waals surface area (Å²) in [7, 11) is 1.53. The molecule has 8 heteroatoms. The standard InChI is InChI=1S/C22H22BrFN2O4/c1-4-13(2)30-20-16(23)9-14(11-19(20)29-3)10-18-21(27)26(22(28)25-18)12-15-7-5-6-8-17(15)24/h5-11,13H,4,12H2,1-3H3,(H,25,28)/b18-10+/t13-/m1/s1. The molecule has 2 aromatic carbocycles. The molecule has 158 valence electrons. The lowest BCUT2D eigenvalue weighted by Crippen LogP contribution is -2.30. The number of carbonyl (C=O) groups excluding carboxylic acids is 2. The maximum absolute atomic E-state index is 13.9. The Morgan fingerprint density at radius 3 is 2.67 bits per heavy atom. The van der Waals surface area contributed by atoms with Crippen LogP contribution in [0, 0.1) is 5.82 Å². The number of rotatable bonds is 7. The van der Waals surface area contributed by atoms with E-state index in [2.05, 4.69) is 21.2 Å². The fourth-order valence-electron chi connectivity index (χ4n) is 2.90. The largest absolute Gasteiger partial charge is 0.493 e. The molecule has 0 aliphatic carbocycles. The van der Waals surface area contributed by atoms with Crippen LogP contribution in [0.5, 0.6) is 11.5 Å². The summed E-state index contributed by atoms with van der Waals surface area (Å²) in [6, 6.07) is 8.92. The average Bonchev–Trinajstić information content (AvgIpc) is 2.98. The number of urea groups is 1. The van der Waals surface area contributed by atoms with E-state index >= 15 is 0 Å². The lowest BCUT2D eigenvalue weighted by molar-refractivity contribution is -0.123. The first kappa shape index (κ1) is 21.8. The van der Waals surface area contributed by atoms with Crippen LogP contribution in [0.2, 0.25) is 0 Å². The molecule has 0 aromatic heterocycles. The van der Waals surface area contributed by atoms with Crippen molar-refractivity contribution < 1.29 is 23.5 Å². The van der Waals surface area contributed by atoms with Crippen molar-refractivity contribution in [2.75, 3.05) is 7.11 Å². The molecule has 0 unspecified atom stereocenters. The molecule has 0 radical (unpaired) electrons. The number of imide groups is 1. The van der Waals surface area contributed by atoms with E-state index < -0.39 is 17.8 Å². The van der Waals surface area contributed by atoms with Crippen molar-refractivity contribution in [3.63, 3.8) is 0 Å². The molecule has 1 N–H and O–H groups in total. The van der Waals surface area contributed by atoms with Crippen molar-refractivity contribution in [3.05, 3.63) is 63.5 Å². The summed E-state index contributed by atoms with van der Waals surface area (Å²) in [6.45, 7) is 3.83. The van der Waals surface area contributed by atoms with Gasteiger partial charge in [0, 0.05) is 5.56 Å². The Morgan fingerprint density at radius 1 is 1.27 bits per heavy atom. The fourth-order valence-corrected chi connectivity index (χ4v) is 3.45. The molecule has 1 heterocycles. The van der Waals surface area contributed by atoms with Gasteiger partial charge in [-0.15, -0.1) is 0 Å². The highest BCUT2D eigenvalue weighted by Gasteiger charge is 2.34. The summed E-state index contributed by atoms with van der Waals surface area (Å²) < 4.78 is 25.9. The number of hydrogen-bond donors (Lipinski definition) is 1. The summed E-state index contributed by atoms with van der Waals surface area (Å²) >= 11 is 3.48. The SMILES string of the molecule is CC[C@@H](C)Oc1c(Br)cc(/C=C2/NC(=O)N(Cc3ccccc3F)C2=O)cc1OC. The van der Waals surface area contributed by atoms with E-state index in [1.165, 1.54) is 19.2 Å². The van der Waals surface area contributed by atoms with Gasteiger partial charge in [-0.1, -0.05) is 25.1 Å². The van der Waals surface area contributed by atoms with Crippen LogP contribution in [0.1, 0.15) is 31.4 Å². The van der Waals surface area contributed by atoms with Gasteiger partial charge in [0.2, 0.25) is 0 Å². The number of halogens is 2. The van der Waals surface area contributed by atoms with Crippen LogP contribution in [0.25, 0.3) is 6.08 Å². The lowest BCUT2D eigenvalue weighted by atomic mass is 10.1. The van der Waals surface area contributed by atoms with Crippen molar-refractivity contribution in [2.24, 2.45) is 0 Å². The van der Waals surface area contributed by atoms with Crippen molar-refractivity contribution in [2.45, 2.75) is 32.9 Å². The Labute approximate surface area is 182 Å². The number of hydrogen-bond acceptors (Lipinski definition) is 4. The second kappa shape index (κ2) is 9.30. The van der Waals surface area contributed by atoms with Gasteiger partial charge in [-0.25, -0.2) is 9.18 Å². The molecule has 3 rings (SSSR count). The Hall–Kier alpha value is -2.87. The second-order valence-electron chi connectivity index (χ2n) is 6.84. The smallest absolute Gasteiger partial charge is 0.329 e. The summed E-state index contributed by atoms with van der Waals surface area (Å²) in [5, 5.41) is 2.54. The highest BCUT2D eigenvalue weighted by Crippen LogP contribution is 2.38. The van der Waals surface area contributed by atoms with Gasteiger partial charge in [-0.05, 0) is 59.1 Å². The van der Waals surface area contributed by atoms with E-state index in [-0.39, 0.29) is 23.9 Å². The molecule has 1 aliphatic rings. The number of methoxy groups -OCH3 is 1. The molecule has 0 saturated carbocycles. The molecule has 1 aliphatic heterocycles. The molecule has 3 amide bonds. The first-order chi connectivity index (χ1) is 14.3. The van der Waals surface area contributed by atoms with Gasteiger partial charge in [-0.3, -0.25) is 9.69 Å². The Bertz CT molecular complexity index is 1010. The van der Waals surface area contributed by atoms with Crippen LogP contribution in [0.4, 0.5) is 9.18 Å². The second-order valence-corrected chi connectivity index (χ2v) is 7.70. The normalized spacial score (nSPS) is 16.0. The molecule has 30 heavy (non-hydrogen) atoms. The van der Waals surface area contributed by atoms with E-state index in [0.717, 1.165) is 11.3 Å². The molecular weight excluding hydrogens is 455 g/mol. The van der Waals surface area contributed by atoms with E-state index in [0.29, 0.717) is 21.5 Å². The quantitative estimate of drug-likeness (QED) is 0.457. The third kappa shape index (κ3) is 4.64. The Balaban J connectivity index is 1.86. The van der Waals surface area contributed by atoms with E-state index in [9.17, 15) is 14.0 Å². The summed E-state index contributed by atoms with van der Waals surface area (Å²) in [5.74, 6) is 0.0628. The lowest BCUT2D eigenvalue weighted by Gasteiger charge is -2.17. The van der Waals surface area contributed by atoms with Gasteiger partial charge in [0.15, 0.2) is 11.5 Å². The number of nitrogens with zero attached hydrogens (tertiary/aromatic N) is 1. The third-order valence-corrected chi connectivity index (χ3v) is 5.29. The van der Waals surface area contributed by atoms with Crippen molar-refractivity contribution in [1.29, 1.82) is 0 Å². The predicted molar refractivity (Wildman–Crippen MR) is 115 cm³/mol. The van der Waals surface area contributed by atoms with Gasteiger partial charge in [0.1, 0.15) is 11.5 Å². The zero-order valence-electron chi connectivity index (χ0n) is 16.9. The van der Waals surface area contributed by atoms with Crippen molar-refractivity contribution in [3.8, 4) is 11.5 Å². The number of benzene rings is 2. The average molecular weight is 477 g/mol. The molecule has 6 nitrogen and oxygen atoms in total. The van der Waals surface area contributed by atoms with Crippen LogP contribution in [0.3, 0.4) is 0 Å².